The predicted molar refractivity (Wildman–Crippen MR) is 41.0 cm³/mol. The van der Waals surface area contributed by atoms with Crippen molar-refractivity contribution < 1.29 is 17.6 Å². The number of benzene rings is 1. The van der Waals surface area contributed by atoms with Crippen LogP contribution in [-0.4, -0.2) is 0 Å². The van der Waals surface area contributed by atoms with E-state index in [1.807, 2.05) is 0 Å². The van der Waals surface area contributed by atoms with Gasteiger partial charge in [0.25, 0.3) is 0 Å². The van der Waals surface area contributed by atoms with Crippen molar-refractivity contribution in [2.45, 2.75) is 19.8 Å². The maximum absolute atomic E-state index is 12.3. The fourth-order valence-electron chi connectivity index (χ4n) is 1.15. The molecule has 1 aromatic carbocycles. The molecule has 0 nitrogen and oxygen atoms in total. The fraction of sp³-hybridized carbons (Fsp3) is 0.333. The minimum absolute atomic E-state index is 0.269. The van der Waals surface area contributed by atoms with E-state index in [1.54, 1.807) is 0 Å². The minimum atomic E-state index is -4.46. The van der Waals surface area contributed by atoms with Crippen LogP contribution in [0, 0.1) is 6.92 Å². The van der Waals surface area contributed by atoms with E-state index in [0.29, 0.717) is 5.56 Å². The Kier molecular flexibility index (Phi) is 2.59. The van der Waals surface area contributed by atoms with E-state index in [2.05, 4.69) is 0 Å². The summed E-state index contributed by atoms with van der Waals surface area (Å²) in [7, 11) is 0. The van der Waals surface area contributed by atoms with Gasteiger partial charge >= 0.3 is 6.18 Å². The SMILES string of the molecule is Cc1cccc(C(F)(F)F)c1CF. The van der Waals surface area contributed by atoms with Crippen LogP contribution in [0.15, 0.2) is 18.2 Å². The molecule has 0 atom stereocenters. The first-order chi connectivity index (χ1) is 5.96. The summed E-state index contributed by atoms with van der Waals surface area (Å²) in [6, 6.07) is 3.63. The van der Waals surface area contributed by atoms with E-state index >= 15 is 0 Å². The summed E-state index contributed by atoms with van der Waals surface area (Å²) < 4.78 is 49.0. The molecule has 0 aliphatic rings. The van der Waals surface area contributed by atoms with Crippen LogP contribution in [0.4, 0.5) is 17.6 Å². The van der Waals surface area contributed by atoms with Crippen LogP contribution >= 0.6 is 0 Å². The summed E-state index contributed by atoms with van der Waals surface area (Å²) in [5, 5.41) is 0. The van der Waals surface area contributed by atoms with Gasteiger partial charge in [-0.25, -0.2) is 4.39 Å². The zero-order chi connectivity index (χ0) is 10.1. The van der Waals surface area contributed by atoms with Gasteiger partial charge in [-0.2, -0.15) is 13.2 Å². The predicted octanol–water partition coefficient (Wildman–Crippen LogP) is 3.48. The summed E-state index contributed by atoms with van der Waals surface area (Å²) >= 11 is 0. The first-order valence-electron chi connectivity index (χ1n) is 3.68. The van der Waals surface area contributed by atoms with E-state index in [0.717, 1.165) is 6.07 Å². The molecule has 72 valence electrons. The Bertz CT molecular complexity index is 301. The average Bonchev–Trinajstić information content (AvgIpc) is 2.02. The highest BCUT2D eigenvalue weighted by Crippen LogP contribution is 2.33. The van der Waals surface area contributed by atoms with Gasteiger partial charge in [-0.05, 0) is 24.1 Å². The zero-order valence-electron chi connectivity index (χ0n) is 6.95. The van der Waals surface area contributed by atoms with Crippen molar-refractivity contribution in [2.75, 3.05) is 0 Å². The van der Waals surface area contributed by atoms with Crippen molar-refractivity contribution >= 4 is 0 Å². The van der Waals surface area contributed by atoms with Crippen LogP contribution in [0.3, 0.4) is 0 Å². The van der Waals surface area contributed by atoms with Gasteiger partial charge in [0.2, 0.25) is 0 Å². The molecule has 13 heavy (non-hydrogen) atoms. The maximum atomic E-state index is 12.3. The number of hydrogen-bond acceptors (Lipinski definition) is 0. The number of hydrogen-bond donors (Lipinski definition) is 0. The number of aryl methyl sites for hydroxylation is 1. The lowest BCUT2D eigenvalue weighted by Crippen LogP contribution is -2.09. The van der Waals surface area contributed by atoms with Crippen molar-refractivity contribution in [1.29, 1.82) is 0 Å². The number of halogens is 4. The molecular weight excluding hydrogens is 184 g/mol. The van der Waals surface area contributed by atoms with Crippen LogP contribution in [0.25, 0.3) is 0 Å². The lowest BCUT2D eigenvalue weighted by Gasteiger charge is -2.12. The molecule has 0 saturated carbocycles. The molecule has 0 unspecified atom stereocenters. The maximum Gasteiger partial charge on any atom is 0.416 e. The van der Waals surface area contributed by atoms with Gasteiger partial charge < -0.3 is 0 Å². The quantitative estimate of drug-likeness (QED) is 0.597. The van der Waals surface area contributed by atoms with Gasteiger partial charge in [-0.1, -0.05) is 12.1 Å². The third kappa shape index (κ3) is 1.99. The standard InChI is InChI=1S/C9H8F4/c1-6-3-2-4-8(7(6)5-10)9(11,12)13/h2-4H,5H2,1H3. The number of alkyl halides is 4. The molecule has 0 heterocycles. The molecule has 4 heteroatoms. The van der Waals surface area contributed by atoms with E-state index in [-0.39, 0.29) is 5.56 Å². The van der Waals surface area contributed by atoms with Crippen LogP contribution < -0.4 is 0 Å². The van der Waals surface area contributed by atoms with Crippen molar-refractivity contribution in [1.82, 2.24) is 0 Å². The van der Waals surface area contributed by atoms with Gasteiger partial charge in [0, 0.05) is 0 Å². The first kappa shape index (κ1) is 10.0. The third-order valence-corrected chi connectivity index (χ3v) is 1.85. The second kappa shape index (κ2) is 3.36. The van der Waals surface area contributed by atoms with Crippen molar-refractivity contribution in [3.8, 4) is 0 Å². The average molecular weight is 192 g/mol. The Labute approximate surface area is 73.2 Å². The van der Waals surface area contributed by atoms with Crippen LogP contribution in [0.2, 0.25) is 0 Å². The third-order valence-electron chi connectivity index (χ3n) is 1.85. The first-order valence-corrected chi connectivity index (χ1v) is 3.68. The molecule has 0 saturated heterocycles. The van der Waals surface area contributed by atoms with Crippen LogP contribution in [-0.2, 0) is 12.9 Å². The van der Waals surface area contributed by atoms with Crippen molar-refractivity contribution in [2.24, 2.45) is 0 Å². The molecular formula is C9H8F4. The molecule has 0 N–H and O–H groups in total. The molecule has 0 spiro atoms. The molecule has 0 bridgehead atoms. The van der Waals surface area contributed by atoms with E-state index in [9.17, 15) is 17.6 Å². The molecule has 0 amide bonds. The van der Waals surface area contributed by atoms with Gasteiger partial charge in [0.1, 0.15) is 6.67 Å². The van der Waals surface area contributed by atoms with Gasteiger partial charge in [-0.15, -0.1) is 0 Å². The Morgan fingerprint density at radius 3 is 2.23 bits per heavy atom. The summed E-state index contributed by atoms with van der Waals surface area (Å²) in [6.45, 7) is 0.381. The molecule has 0 fully saturated rings. The molecule has 0 aromatic heterocycles. The largest absolute Gasteiger partial charge is 0.416 e. The highest BCUT2D eigenvalue weighted by molar-refractivity contribution is 5.35. The Hall–Kier alpha value is -1.06. The minimum Gasteiger partial charge on any atom is -0.246 e. The molecule has 0 radical (unpaired) electrons. The molecule has 0 aliphatic carbocycles. The highest BCUT2D eigenvalue weighted by atomic mass is 19.4. The Morgan fingerprint density at radius 2 is 1.85 bits per heavy atom. The van der Waals surface area contributed by atoms with E-state index < -0.39 is 18.4 Å². The highest BCUT2D eigenvalue weighted by Gasteiger charge is 2.33. The summed E-state index contributed by atoms with van der Waals surface area (Å²) in [5.74, 6) is 0. The smallest absolute Gasteiger partial charge is 0.246 e. The normalized spacial score (nSPS) is 11.8. The topological polar surface area (TPSA) is 0 Å². The monoisotopic (exact) mass is 192 g/mol. The Morgan fingerprint density at radius 1 is 1.23 bits per heavy atom. The summed E-state index contributed by atoms with van der Waals surface area (Å²) in [5.41, 5.74) is -0.817. The van der Waals surface area contributed by atoms with Gasteiger partial charge in [-0.3, -0.25) is 0 Å². The second-order valence-corrected chi connectivity index (χ2v) is 2.73. The van der Waals surface area contributed by atoms with Gasteiger partial charge in [0.05, 0.1) is 5.56 Å². The van der Waals surface area contributed by atoms with Gasteiger partial charge in [0.15, 0.2) is 0 Å². The Balaban J connectivity index is 3.29. The summed E-state index contributed by atoms with van der Waals surface area (Å²) in [6.07, 6.45) is -4.46. The lowest BCUT2D eigenvalue weighted by molar-refractivity contribution is -0.138. The second-order valence-electron chi connectivity index (χ2n) is 2.73. The van der Waals surface area contributed by atoms with Crippen molar-refractivity contribution in [3.63, 3.8) is 0 Å². The van der Waals surface area contributed by atoms with Crippen LogP contribution in [0.1, 0.15) is 16.7 Å². The van der Waals surface area contributed by atoms with E-state index in [4.69, 9.17) is 0 Å². The number of rotatable bonds is 1. The van der Waals surface area contributed by atoms with Crippen LogP contribution in [0.5, 0.6) is 0 Å². The fourth-order valence-corrected chi connectivity index (χ4v) is 1.15. The zero-order valence-corrected chi connectivity index (χ0v) is 6.95. The lowest BCUT2D eigenvalue weighted by atomic mass is 10.0. The van der Waals surface area contributed by atoms with E-state index in [1.165, 1.54) is 19.1 Å². The molecule has 1 rings (SSSR count). The molecule has 0 aliphatic heterocycles. The molecule has 1 aromatic rings. The van der Waals surface area contributed by atoms with Crippen molar-refractivity contribution in [3.05, 3.63) is 34.9 Å². The summed E-state index contributed by atoms with van der Waals surface area (Å²) in [4.78, 5) is 0.